The largest absolute Gasteiger partial charge is 0.391 e. The van der Waals surface area contributed by atoms with Crippen molar-refractivity contribution in [1.82, 2.24) is 5.32 Å². The third kappa shape index (κ3) is 5.21. The van der Waals surface area contributed by atoms with Crippen molar-refractivity contribution in [3.05, 3.63) is 0 Å². The summed E-state index contributed by atoms with van der Waals surface area (Å²) in [5, 5.41) is 12.6. The molecule has 0 bridgehead atoms. The standard InChI is InChI=1S/C12H23NO2S/c1-9(2)7-10(14)8-13-12(15)11-5-3-4-6-16-11/h9-11,14H,3-8H2,1-2H3,(H,13,15). The molecule has 3 nitrogen and oxygen atoms in total. The Balaban J connectivity index is 2.18. The second kappa shape index (κ2) is 7.17. The monoisotopic (exact) mass is 245 g/mol. The maximum atomic E-state index is 11.7. The SMILES string of the molecule is CC(C)CC(O)CNC(=O)C1CCCCS1. The van der Waals surface area contributed by atoms with Crippen molar-refractivity contribution in [2.75, 3.05) is 12.3 Å². The summed E-state index contributed by atoms with van der Waals surface area (Å²) < 4.78 is 0. The Bertz CT molecular complexity index is 215. The molecule has 4 heteroatoms. The summed E-state index contributed by atoms with van der Waals surface area (Å²) in [5.41, 5.74) is 0. The topological polar surface area (TPSA) is 49.3 Å². The van der Waals surface area contributed by atoms with Crippen LogP contribution in [-0.2, 0) is 4.79 Å². The third-order valence-corrected chi connectivity index (χ3v) is 4.10. The summed E-state index contributed by atoms with van der Waals surface area (Å²) in [4.78, 5) is 11.7. The second-order valence-electron chi connectivity index (χ2n) is 4.88. The average Bonchev–Trinajstić information content (AvgIpc) is 2.26. The fourth-order valence-corrected chi connectivity index (χ4v) is 3.13. The molecule has 1 amide bonds. The Morgan fingerprint density at radius 1 is 1.50 bits per heavy atom. The van der Waals surface area contributed by atoms with Gasteiger partial charge in [0.25, 0.3) is 0 Å². The van der Waals surface area contributed by atoms with E-state index in [0.29, 0.717) is 12.5 Å². The molecule has 0 radical (unpaired) electrons. The molecule has 2 N–H and O–H groups in total. The van der Waals surface area contributed by atoms with Gasteiger partial charge in [0.05, 0.1) is 11.4 Å². The van der Waals surface area contributed by atoms with E-state index < -0.39 is 6.10 Å². The summed E-state index contributed by atoms with van der Waals surface area (Å²) in [6.07, 6.45) is 3.70. The minimum Gasteiger partial charge on any atom is -0.391 e. The van der Waals surface area contributed by atoms with E-state index in [0.717, 1.165) is 25.0 Å². The maximum Gasteiger partial charge on any atom is 0.233 e. The van der Waals surface area contributed by atoms with Gasteiger partial charge in [-0.25, -0.2) is 0 Å². The van der Waals surface area contributed by atoms with E-state index in [9.17, 15) is 9.90 Å². The fraction of sp³-hybridized carbons (Fsp3) is 0.917. The lowest BCUT2D eigenvalue weighted by molar-refractivity contribution is -0.121. The van der Waals surface area contributed by atoms with Gasteiger partial charge in [-0.1, -0.05) is 20.3 Å². The van der Waals surface area contributed by atoms with Gasteiger partial charge in [0.1, 0.15) is 0 Å². The zero-order valence-electron chi connectivity index (χ0n) is 10.2. The molecule has 0 spiro atoms. The number of amides is 1. The van der Waals surface area contributed by atoms with E-state index in [1.807, 2.05) is 0 Å². The zero-order chi connectivity index (χ0) is 12.0. The van der Waals surface area contributed by atoms with Crippen LogP contribution in [0.1, 0.15) is 39.5 Å². The molecule has 0 aromatic rings. The number of aliphatic hydroxyl groups is 1. The van der Waals surface area contributed by atoms with E-state index in [1.165, 1.54) is 6.42 Å². The molecule has 94 valence electrons. The number of thioether (sulfide) groups is 1. The van der Waals surface area contributed by atoms with Gasteiger partial charge in [-0.3, -0.25) is 4.79 Å². The second-order valence-corrected chi connectivity index (χ2v) is 6.19. The Morgan fingerprint density at radius 2 is 2.25 bits per heavy atom. The van der Waals surface area contributed by atoms with Crippen LogP contribution in [0.15, 0.2) is 0 Å². The van der Waals surface area contributed by atoms with Gasteiger partial charge in [0.2, 0.25) is 5.91 Å². The van der Waals surface area contributed by atoms with Crippen molar-refractivity contribution in [3.63, 3.8) is 0 Å². The van der Waals surface area contributed by atoms with Crippen molar-refractivity contribution >= 4 is 17.7 Å². The van der Waals surface area contributed by atoms with Gasteiger partial charge in [-0.05, 0) is 30.9 Å². The van der Waals surface area contributed by atoms with Crippen molar-refractivity contribution < 1.29 is 9.90 Å². The van der Waals surface area contributed by atoms with Gasteiger partial charge in [0, 0.05) is 6.54 Å². The molecule has 0 saturated carbocycles. The summed E-state index contributed by atoms with van der Waals surface area (Å²) in [6, 6.07) is 0. The molecular formula is C12H23NO2S. The van der Waals surface area contributed by atoms with Crippen molar-refractivity contribution in [2.24, 2.45) is 5.92 Å². The molecule has 1 aliphatic heterocycles. The minimum atomic E-state index is -0.405. The molecule has 0 aromatic heterocycles. The molecule has 16 heavy (non-hydrogen) atoms. The lowest BCUT2D eigenvalue weighted by atomic mass is 10.1. The number of hydrogen-bond acceptors (Lipinski definition) is 3. The highest BCUT2D eigenvalue weighted by atomic mass is 32.2. The predicted molar refractivity (Wildman–Crippen MR) is 68.6 cm³/mol. The number of aliphatic hydroxyl groups excluding tert-OH is 1. The fourth-order valence-electron chi connectivity index (χ4n) is 1.91. The number of carbonyl (C=O) groups is 1. The highest BCUT2D eigenvalue weighted by Gasteiger charge is 2.21. The average molecular weight is 245 g/mol. The van der Waals surface area contributed by atoms with E-state index >= 15 is 0 Å². The third-order valence-electron chi connectivity index (χ3n) is 2.73. The first kappa shape index (κ1) is 13.8. The van der Waals surface area contributed by atoms with Crippen LogP contribution >= 0.6 is 11.8 Å². The molecule has 1 saturated heterocycles. The van der Waals surface area contributed by atoms with Crippen molar-refractivity contribution in [3.8, 4) is 0 Å². The van der Waals surface area contributed by atoms with Crippen LogP contribution in [0.5, 0.6) is 0 Å². The lowest BCUT2D eigenvalue weighted by Gasteiger charge is -2.21. The van der Waals surface area contributed by atoms with E-state index in [4.69, 9.17) is 0 Å². The molecule has 2 atom stereocenters. The number of nitrogens with one attached hydrogen (secondary N) is 1. The first-order valence-electron chi connectivity index (χ1n) is 6.17. The first-order chi connectivity index (χ1) is 7.59. The quantitative estimate of drug-likeness (QED) is 0.776. The van der Waals surface area contributed by atoms with Gasteiger partial charge in [-0.2, -0.15) is 0 Å². The Morgan fingerprint density at radius 3 is 2.81 bits per heavy atom. The minimum absolute atomic E-state index is 0.104. The summed E-state index contributed by atoms with van der Waals surface area (Å²) in [7, 11) is 0. The van der Waals surface area contributed by atoms with Gasteiger partial charge in [-0.15, -0.1) is 11.8 Å². The molecule has 2 unspecified atom stereocenters. The molecule has 0 aromatic carbocycles. The molecule has 1 rings (SSSR count). The molecular weight excluding hydrogens is 222 g/mol. The number of carbonyl (C=O) groups excluding carboxylic acids is 1. The Hall–Kier alpha value is -0.220. The summed E-state index contributed by atoms with van der Waals surface area (Å²) in [6.45, 7) is 4.54. The van der Waals surface area contributed by atoms with Crippen LogP contribution in [0.3, 0.4) is 0 Å². The van der Waals surface area contributed by atoms with Gasteiger partial charge >= 0.3 is 0 Å². The number of hydrogen-bond donors (Lipinski definition) is 2. The van der Waals surface area contributed by atoms with Crippen molar-refractivity contribution in [1.29, 1.82) is 0 Å². The van der Waals surface area contributed by atoms with Crippen LogP contribution < -0.4 is 5.32 Å². The van der Waals surface area contributed by atoms with Crippen LogP contribution in [0, 0.1) is 5.92 Å². The van der Waals surface area contributed by atoms with E-state index in [2.05, 4.69) is 19.2 Å². The molecule has 0 aliphatic carbocycles. The Kier molecular flexibility index (Phi) is 6.21. The first-order valence-corrected chi connectivity index (χ1v) is 7.22. The smallest absolute Gasteiger partial charge is 0.233 e. The highest BCUT2D eigenvalue weighted by Crippen LogP contribution is 2.24. The Labute approximate surface area is 102 Å². The van der Waals surface area contributed by atoms with Crippen LogP contribution in [0.4, 0.5) is 0 Å². The van der Waals surface area contributed by atoms with E-state index in [-0.39, 0.29) is 11.2 Å². The zero-order valence-corrected chi connectivity index (χ0v) is 11.1. The normalized spacial score (nSPS) is 23.1. The van der Waals surface area contributed by atoms with Gasteiger partial charge < -0.3 is 10.4 Å². The van der Waals surface area contributed by atoms with Gasteiger partial charge in [0.15, 0.2) is 0 Å². The molecule has 1 aliphatic rings. The van der Waals surface area contributed by atoms with Crippen LogP contribution in [0.25, 0.3) is 0 Å². The van der Waals surface area contributed by atoms with Crippen LogP contribution in [0.2, 0.25) is 0 Å². The lowest BCUT2D eigenvalue weighted by Crippen LogP contribution is -2.39. The maximum absolute atomic E-state index is 11.7. The summed E-state index contributed by atoms with van der Waals surface area (Å²) >= 11 is 1.74. The van der Waals surface area contributed by atoms with Crippen molar-refractivity contribution in [2.45, 2.75) is 50.9 Å². The highest BCUT2D eigenvalue weighted by molar-refractivity contribution is 8.00. The summed E-state index contributed by atoms with van der Waals surface area (Å²) in [5.74, 6) is 1.66. The van der Waals surface area contributed by atoms with Crippen LogP contribution in [-0.4, -0.2) is 34.7 Å². The van der Waals surface area contributed by atoms with E-state index in [1.54, 1.807) is 11.8 Å². The predicted octanol–water partition coefficient (Wildman–Crippen LogP) is 1.80. The number of rotatable bonds is 5. The molecule has 1 heterocycles. The molecule has 1 fully saturated rings.